The van der Waals surface area contributed by atoms with Crippen molar-refractivity contribution in [1.29, 1.82) is 0 Å². The van der Waals surface area contributed by atoms with E-state index in [1.165, 1.54) is 25.3 Å². The van der Waals surface area contributed by atoms with Crippen LogP contribution < -0.4 is 0 Å². The Labute approximate surface area is 134 Å². The Morgan fingerprint density at radius 2 is 2.09 bits per heavy atom. The molecule has 2 rings (SSSR count). The molecule has 0 N–H and O–H groups in total. The lowest BCUT2D eigenvalue weighted by Crippen LogP contribution is -2.01. The van der Waals surface area contributed by atoms with Gasteiger partial charge in [0.15, 0.2) is 4.67 Å². The highest BCUT2D eigenvalue weighted by molar-refractivity contribution is 9.10. The monoisotopic (exact) mass is 368 g/mol. The highest BCUT2D eigenvalue weighted by Crippen LogP contribution is 2.17. The summed E-state index contributed by atoms with van der Waals surface area (Å²) in [5, 5.41) is 0. The molecule has 0 unspecified atom stereocenters. The Morgan fingerprint density at radius 3 is 2.73 bits per heavy atom. The Bertz CT molecular complexity index is 709. The maximum absolute atomic E-state index is 11.6. The molecule has 2 heterocycles. The molecule has 0 aliphatic carbocycles. The van der Waals surface area contributed by atoms with Gasteiger partial charge in [0.05, 0.1) is 7.11 Å². The molecule has 0 aromatic carbocycles. The van der Waals surface area contributed by atoms with Crippen LogP contribution in [-0.2, 0) is 20.9 Å². The summed E-state index contributed by atoms with van der Waals surface area (Å²) in [6.07, 6.45) is 2.72. The van der Waals surface area contributed by atoms with E-state index in [-0.39, 0.29) is 6.61 Å². The zero-order valence-corrected chi connectivity index (χ0v) is 13.5. The number of furan rings is 2. The van der Waals surface area contributed by atoms with Gasteiger partial charge in [-0.2, -0.15) is 0 Å². The standard InChI is InChI=1S/C15H13BrO6/c1-9-12(15(18)19-2)7-11(21-9)8-20-14(17)6-4-10-3-5-13(16)22-10/h3-7H,8H2,1-2H3/b6-4+. The topological polar surface area (TPSA) is 78.9 Å². The smallest absolute Gasteiger partial charge is 0.341 e. The minimum atomic E-state index is -0.554. The van der Waals surface area contributed by atoms with E-state index < -0.39 is 11.9 Å². The van der Waals surface area contributed by atoms with E-state index >= 15 is 0 Å². The molecule has 2 aromatic rings. The third-order valence-electron chi connectivity index (χ3n) is 2.71. The Balaban J connectivity index is 1.91. The van der Waals surface area contributed by atoms with Gasteiger partial charge < -0.3 is 18.3 Å². The molecule has 0 bridgehead atoms. The van der Waals surface area contributed by atoms with Crippen molar-refractivity contribution in [1.82, 2.24) is 0 Å². The Kier molecular flexibility index (Phi) is 5.21. The van der Waals surface area contributed by atoms with Crippen LogP contribution in [0.1, 0.15) is 27.6 Å². The predicted octanol–water partition coefficient (Wildman–Crippen LogP) is 3.49. The minimum Gasteiger partial charge on any atom is -0.465 e. The molecular formula is C15H13BrO6. The number of hydrogen-bond acceptors (Lipinski definition) is 6. The van der Waals surface area contributed by atoms with E-state index in [0.717, 1.165) is 0 Å². The first-order valence-corrected chi connectivity index (χ1v) is 7.06. The summed E-state index contributed by atoms with van der Waals surface area (Å²) in [4.78, 5) is 23.0. The van der Waals surface area contributed by atoms with Gasteiger partial charge in [-0.3, -0.25) is 0 Å². The molecule has 6 nitrogen and oxygen atoms in total. The summed E-state index contributed by atoms with van der Waals surface area (Å²) in [6.45, 7) is 1.55. The van der Waals surface area contributed by atoms with Crippen LogP contribution in [-0.4, -0.2) is 19.0 Å². The highest BCUT2D eigenvalue weighted by atomic mass is 79.9. The average Bonchev–Trinajstić information content (AvgIpc) is 3.08. The summed E-state index contributed by atoms with van der Waals surface area (Å²) in [5.41, 5.74) is 0.310. The third kappa shape index (κ3) is 4.11. The number of hydrogen-bond donors (Lipinski definition) is 0. The van der Waals surface area contributed by atoms with E-state index in [1.54, 1.807) is 19.1 Å². The van der Waals surface area contributed by atoms with Gasteiger partial charge in [-0.15, -0.1) is 0 Å². The fraction of sp³-hybridized carbons (Fsp3) is 0.200. The van der Waals surface area contributed by atoms with E-state index in [2.05, 4.69) is 20.7 Å². The van der Waals surface area contributed by atoms with Gasteiger partial charge in [-0.1, -0.05) is 0 Å². The second kappa shape index (κ2) is 7.13. The van der Waals surface area contributed by atoms with E-state index in [4.69, 9.17) is 13.6 Å². The average molecular weight is 369 g/mol. The lowest BCUT2D eigenvalue weighted by Gasteiger charge is -1.97. The van der Waals surface area contributed by atoms with Gasteiger partial charge in [0.2, 0.25) is 0 Å². The first kappa shape index (κ1) is 16.1. The first-order chi connectivity index (χ1) is 10.5. The van der Waals surface area contributed by atoms with Crippen molar-refractivity contribution in [2.45, 2.75) is 13.5 Å². The largest absolute Gasteiger partial charge is 0.465 e. The summed E-state index contributed by atoms with van der Waals surface area (Å²) in [5.74, 6) is 0.239. The number of methoxy groups -OCH3 is 1. The van der Waals surface area contributed by atoms with Gasteiger partial charge in [0.25, 0.3) is 0 Å². The minimum absolute atomic E-state index is 0.0805. The van der Waals surface area contributed by atoms with Crippen LogP contribution in [0.2, 0.25) is 0 Å². The maximum atomic E-state index is 11.6. The number of esters is 2. The lowest BCUT2D eigenvalue weighted by atomic mass is 10.2. The van der Waals surface area contributed by atoms with Gasteiger partial charge >= 0.3 is 11.9 Å². The number of aryl methyl sites for hydroxylation is 1. The zero-order valence-electron chi connectivity index (χ0n) is 11.9. The summed E-state index contributed by atoms with van der Waals surface area (Å²) in [7, 11) is 1.28. The van der Waals surface area contributed by atoms with Gasteiger partial charge in [0.1, 0.15) is 29.5 Å². The molecule has 0 fully saturated rings. The first-order valence-electron chi connectivity index (χ1n) is 6.27. The normalized spacial score (nSPS) is 10.9. The summed E-state index contributed by atoms with van der Waals surface area (Å²) >= 11 is 3.16. The Morgan fingerprint density at radius 1 is 1.32 bits per heavy atom. The van der Waals surface area contributed by atoms with Crippen molar-refractivity contribution in [2.24, 2.45) is 0 Å². The van der Waals surface area contributed by atoms with Crippen molar-refractivity contribution >= 4 is 33.9 Å². The van der Waals surface area contributed by atoms with Crippen molar-refractivity contribution in [3.63, 3.8) is 0 Å². The molecule has 0 saturated carbocycles. The zero-order chi connectivity index (χ0) is 16.1. The van der Waals surface area contributed by atoms with Crippen LogP contribution >= 0.6 is 15.9 Å². The SMILES string of the molecule is COC(=O)c1cc(COC(=O)/C=C/c2ccc(Br)o2)oc1C. The van der Waals surface area contributed by atoms with E-state index in [1.807, 2.05) is 0 Å². The quantitative estimate of drug-likeness (QED) is 0.593. The molecule has 116 valence electrons. The number of carbonyl (C=O) groups excluding carboxylic acids is 2. The van der Waals surface area contributed by atoms with Gasteiger partial charge in [-0.05, 0) is 47.1 Å². The van der Waals surface area contributed by atoms with Crippen molar-refractivity contribution in [2.75, 3.05) is 7.11 Å². The van der Waals surface area contributed by atoms with Crippen molar-refractivity contribution in [3.05, 3.63) is 51.8 Å². The second-order valence-corrected chi connectivity index (χ2v) is 5.04. The van der Waals surface area contributed by atoms with E-state index in [9.17, 15) is 9.59 Å². The molecule has 0 atom stereocenters. The summed E-state index contributed by atoms with van der Waals surface area (Å²) < 4.78 is 20.7. The number of rotatable bonds is 5. The van der Waals surface area contributed by atoms with Crippen molar-refractivity contribution in [3.8, 4) is 0 Å². The van der Waals surface area contributed by atoms with Crippen LogP contribution in [0, 0.1) is 6.92 Å². The van der Waals surface area contributed by atoms with Crippen LogP contribution in [0.25, 0.3) is 6.08 Å². The fourth-order valence-electron chi connectivity index (χ4n) is 1.69. The summed E-state index contributed by atoms with van der Waals surface area (Å²) in [6, 6.07) is 4.90. The highest BCUT2D eigenvalue weighted by Gasteiger charge is 2.15. The second-order valence-electron chi connectivity index (χ2n) is 4.26. The third-order valence-corrected chi connectivity index (χ3v) is 3.13. The molecule has 0 saturated heterocycles. The molecule has 0 aliphatic rings. The van der Waals surface area contributed by atoms with E-state index in [0.29, 0.717) is 27.5 Å². The molecule has 22 heavy (non-hydrogen) atoms. The van der Waals surface area contributed by atoms with Crippen LogP contribution in [0.4, 0.5) is 0 Å². The molecule has 2 aromatic heterocycles. The lowest BCUT2D eigenvalue weighted by molar-refractivity contribution is -0.139. The van der Waals surface area contributed by atoms with Crippen molar-refractivity contribution < 1.29 is 27.9 Å². The number of halogens is 1. The fourth-order valence-corrected chi connectivity index (χ4v) is 2.00. The van der Waals surface area contributed by atoms with Crippen LogP contribution in [0.3, 0.4) is 0 Å². The van der Waals surface area contributed by atoms with Crippen LogP contribution in [0.15, 0.2) is 37.8 Å². The maximum Gasteiger partial charge on any atom is 0.341 e. The Hall–Kier alpha value is -2.28. The van der Waals surface area contributed by atoms with Gasteiger partial charge in [0, 0.05) is 6.08 Å². The molecule has 7 heteroatoms. The number of ether oxygens (including phenoxy) is 2. The molecule has 0 aliphatic heterocycles. The molecule has 0 spiro atoms. The van der Waals surface area contributed by atoms with Crippen LogP contribution in [0.5, 0.6) is 0 Å². The molecule has 0 radical (unpaired) electrons. The van der Waals surface area contributed by atoms with Gasteiger partial charge in [-0.25, -0.2) is 9.59 Å². The molecule has 0 amide bonds. The molecular weight excluding hydrogens is 356 g/mol. The number of carbonyl (C=O) groups is 2. The predicted molar refractivity (Wildman–Crippen MR) is 80.0 cm³/mol.